The summed E-state index contributed by atoms with van der Waals surface area (Å²) in [5.41, 5.74) is 2.81. The molecule has 130 valence electrons. The highest BCUT2D eigenvalue weighted by atomic mass is 16.1. The molecule has 6 nitrogen and oxygen atoms in total. The van der Waals surface area contributed by atoms with E-state index < -0.39 is 0 Å². The fourth-order valence-electron chi connectivity index (χ4n) is 3.03. The van der Waals surface area contributed by atoms with Gasteiger partial charge in [0.2, 0.25) is 5.91 Å². The molecule has 3 rings (SSSR count). The Labute approximate surface area is 146 Å². The number of aryl methyl sites for hydroxylation is 2. The Morgan fingerprint density at radius 3 is 2.64 bits per heavy atom. The first-order valence-electron chi connectivity index (χ1n) is 8.17. The second kappa shape index (κ2) is 6.84. The van der Waals surface area contributed by atoms with Crippen molar-refractivity contribution >= 4 is 5.91 Å². The first-order valence-corrected chi connectivity index (χ1v) is 8.17. The molecule has 25 heavy (non-hydrogen) atoms. The van der Waals surface area contributed by atoms with E-state index in [9.17, 15) is 9.59 Å². The summed E-state index contributed by atoms with van der Waals surface area (Å²) in [4.78, 5) is 25.5. The summed E-state index contributed by atoms with van der Waals surface area (Å²) in [6.07, 6.45) is 3.57. The number of rotatable bonds is 4. The number of nitrogens with one attached hydrogen (secondary N) is 2. The van der Waals surface area contributed by atoms with Gasteiger partial charge >= 0.3 is 0 Å². The maximum Gasteiger partial charge on any atom is 0.253 e. The van der Waals surface area contributed by atoms with E-state index in [2.05, 4.69) is 27.7 Å². The molecule has 1 aromatic carbocycles. The minimum absolute atomic E-state index is 0.00796. The number of amides is 1. The largest absolute Gasteiger partial charge is 0.346 e. The molecule has 0 bridgehead atoms. The van der Waals surface area contributed by atoms with Gasteiger partial charge in [-0.25, -0.2) is 0 Å². The molecule has 0 spiro atoms. The van der Waals surface area contributed by atoms with Crippen LogP contribution in [-0.2, 0) is 18.4 Å². The van der Waals surface area contributed by atoms with Crippen molar-refractivity contribution in [3.63, 3.8) is 0 Å². The van der Waals surface area contributed by atoms with Crippen LogP contribution in [0.2, 0.25) is 0 Å². The van der Waals surface area contributed by atoms with Gasteiger partial charge in [-0.3, -0.25) is 9.59 Å². The molecule has 0 radical (unpaired) electrons. The summed E-state index contributed by atoms with van der Waals surface area (Å²) in [7, 11) is 1.75. The Hall–Kier alpha value is -3.02. The topological polar surface area (TPSA) is 66.4 Å². The van der Waals surface area contributed by atoms with Crippen molar-refractivity contribution in [1.29, 1.82) is 0 Å². The molecule has 1 aromatic heterocycles. The zero-order valence-corrected chi connectivity index (χ0v) is 14.6. The first kappa shape index (κ1) is 16.8. The number of carbonyl (C=O) groups is 1. The van der Waals surface area contributed by atoms with Crippen molar-refractivity contribution in [2.75, 3.05) is 0 Å². The molecule has 0 saturated carbocycles. The molecule has 1 aliphatic rings. The third-order valence-corrected chi connectivity index (χ3v) is 4.14. The number of benzene rings is 1. The van der Waals surface area contributed by atoms with E-state index in [-0.39, 0.29) is 17.6 Å². The number of hydrogen-bond acceptors (Lipinski definition) is 4. The molecule has 2 aromatic rings. The second-order valence-corrected chi connectivity index (χ2v) is 6.30. The highest BCUT2D eigenvalue weighted by Crippen LogP contribution is 2.26. The minimum Gasteiger partial charge on any atom is -0.346 e. The van der Waals surface area contributed by atoms with Gasteiger partial charge < -0.3 is 20.1 Å². The maximum absolute atomic E-state index is 12.0. The van der Waals surface area contributed by atoms with Gasteiger partial charge in [-0.15, -0.1) is 0 Å². The number of pyridine rings is 1. The predicted molar refractivity (Wildman–Crippen MR) is 96.2 cm³/mol. The van der Waals surface area contributed by atoms with E-state index >= 15 is 0 Å². The summed E-state index contributed by atoms with van der Waals surface area (Å²) >= 11 is 0. The monoisotopic (exact) mass is 338 g/mol. The van der Waals surface area contributed by atoms with Gasteiger partial charge in [-0.1, -0.05) is 30.3 Å². The fourth-order valence-corrected chi connectivity index (χ4v) is 3.03. The zero-order valence-electron chi connectivity index (χ0n) is 14.6. The number of aromatic nitrogens is 1. The van der Waals surface area contributed by atoms with Crippen LogP contribution in [0.25, 0.3) is 0 Å². The molecular formula is C19H22N4O2. The summed E-state index contributed by atoms with van der Waals surface area (Å²) in [5, 5.41) is 6.12. The van der Waals surface area contributed by atoms with Gasteiger partial charge in [0, 0.05) is 44.0 Å². The highest BCUT2D eigenvalue weighted by molar-refractivity contribution is 5.74. The average molecular weight is 338 g/mol. The van der Waals surface area contributed by atoms with Crippen molar-refractivity contribution in [3.8, 4) is 0 Å². The van der Waals surface area contributed by atoms with Crippen LogP contribution < -0.4 is 16.2 Å². The molecule has 1 amide bonds. The Balaban J connectivity index is 1.93. The van der Waals surface area contributed by atoms with E-state index in [4.69, 9.17) is 0 Å². The highest BCUT2D eigenvalue weighted by Gasteiger charge is 2.26. The Morgan fingerprint density at radius 2 is 2.00 bits per heavy atom. The van der Waals surface area contributed by atoms with Crippen molar-refractivity contribution in [2.24, 2.45) is 7.05 Å². The molecule has 0 fully saturated rings. The molecule has 0 saturated heterocycles. The van der Waals surface area contributed by atoms with Gasteiger partial charge in [0.25, 0.3) is 5.56 Å². The predicted octanol–water partition coefficient (Wildman–Crippen LogP) is 1.73. The molecule has 2 heterocycles. The number of carbonyl (C=O) groups excluding carboxylic acids is 1. The Kier molecular flexibility index (Phi) is 4.61. The lowest BCUT2D eigenvalue weighted by Crippen LogP contribution is -2.33. The van der Waals surface area contributed by atoms with E-state index in [1.54, 1.807) is 11.6 Å². The fraction of sp³-hybridized carbons (Fsp3) is 0.263. The summed E-state index contributed by atoms with van der Waals surface area (Å²) in [6.45, 7) is 3.97. The van der Waals surface area contributed by atoms with Crippen LogP contribution in [0.4, 0.5) is 0 Å². The van der Waals surface area contributed by atoms with Crippen LogP contribution in [-0.4, -0.2) is 15.4 Å². The van der Waals surface area contributed by atoms with Gasteiger partial charge in [-0.2, -0.15) is 0 Å². The van der Waals surface area contributed by atoms with E-state index in [0.717, 1.165) is 11.1 Å². The number of nitrogens with zero attached hydrogens (tertiary/aromatic N) is 2. The van der Waals surface area contributed by atoms with Crippen molar-refractivity contribution in [2.45, 2.75) is 26.6 Å². The van der Waals surface area contributed by atoms with Crippen LogP contribution in [0, 0.1) is 6.92 Å². The molecular weight excluding hydrogens is 316 g/mol. The van der Waals surface area contributed by atoms with Gasteiger partial charge in [0.15, 0.2) is 0 Å². The minimum atomic E-state index is -0.160. The molecule has 1 atom stereocenters. The third-order valence-electron chi connectivity index (χ3n) is 4.14. The van der Waals surface area contributed by atoms with E-state index in [0.29, 0.717) is 17.9 Å². The normalized spacial score (nSPS) is 16.4. The van der Waals surface area contributed by atoms with Crippen LogP contribution >= 0.6 is 0 Å². The van der Waals surface area contributed by atoms with Crippen molar-refractivity contribution < 1.29 is 4.79 Å². The first-order chi connectivity index (χ1) is 11.9. The van der Waals surface area contributed by atoms with Crippen molar-refractivity contribution in [1.82, 2.24) is 20.1 Å². The molecule has 1 aliphatic heterocycles. The maximum atomic E-state index is 12.0. The SMILES string of the molecule is CC(=O)NC1=CN(Cc2ccccc2)C(c2cc(C)c(=O)n(C)c2)N1. The summed E-state index contributed by atoms with van der Waals surface area (Å²) < 4.78 is 1.59. The molecule has 0 aliphatic carbocycles. The third kappa shape index (κ3) is 3.74. The summed E-state index contributed by atoms with van der Waals surface area (Å²) in [6, 6.07) is 12.0. The smallest absolute Gasteiger partial charge is 0.253 e. The molecule has 1 unspecified atom stereocenters. The summed E-state index contributed by atoms with van der Waals surface area (Å²) in [5.74, 6) is 0.524. The Bertz CT molecular complexity index is 844. The molecule has 6 heteroatoms. The van der Waals surface area contributed by atoms with Crippen LogP contribution in [0.5, 0.6) is 0 Å². The Morgan fingerprint density at radius 1 is 1.28 bits per heavy atom. The van der Waals surface area contributed by atoms with Gasteiger partial charge in [-0.05, 0) is 18.6 Å². The van der Waals surface area contributed by atoms with Crippen LogP contribution in [0.15, 0.2) is 59.4 Å². The van der Waals surface area contributed by atoms with Gasteiger partial charge in [0.1, 0.15) is 12.0 Å². The average Bonchev–Trinajstić information content (AvgIpc) is 2.94. The van der Waals surface area contributed by atoms with Crippen LogP contribution in [0.3, 0.4) is 0 Å². The second-order valence-electron chi connectivity index (χ2n) is 6.30. The zero-order chi connectivity index (χ0) is 18.0. The van der Waals surface area contributed by atoms with Gasteiger partial charge in [0.05, 0.1) is 0 Å². The lowest BCUT2D eigenvalue weighted by atomic mass is 10.1. The standard InChI is InChI=1S/C19H22N4O2/c1-13-9-16(11-22(3)19(13)25)18-21-17(20-14(2)24)12-23(18)10-15-7-5-4-6-8-15/h4-9,11-12,18,21H,10H2,1-3H3,(H,20,24). The van der Waals surface area contributed by atoms with Crippen molar-refractivity contribution in [3.05, 3.63) is 81.7 Å². The number of hydrogen-bond donors (Lipinski definition) is 2. The van der Waals surface area contributed by atoms with E-state index in [1.165, 1.54) is 6.92 Å². The lowest BCUT2D eigenvalue weighted by Gasteiger charge is -2.26. The lowest BCUT2D eigenvalue weighted by molar-refractivity contribution is -0.118. The molecule has 2 N–H and O–H groups in total. The van der Waals surface area contributed by atoms with Crippen LogP contribution in [0.1, 0.15) is 29.8 Å². The van der Waals surface area contributed by atoms with E-state index in [1.807, 2.05) is 43.6 Å². The quantitative estimate of drug-likeness (QED) is 0.891.